The molecule has 0 saturated carbocycles. The van der Waals surface area contributed by atoms with E-state index in [1.165, 1.54) is 12.1 Å². The number of rotatable bonds is 3. The molecule has 0 amide bonds. The third-order valence-electron chi connectivity index (χ3n) is 2.95. The molecule has 0 aliphatic carbocycles. The summed E-state index contributed by atoms with van der Waals surface area (Å²) in [4.78, 5) is 6.49. The zero-order valence-corrected chi connectivity index (χ0v) is 10.3. The fourth-order valence-corrected chi connectivity index (χ4v) is 2.65. The van der Waals surface area contributed by atoms with Crippen molar-refractivity contribution in [3.63, 3.8) is 0 Å². The second kappa shape index (κ2) is 4.94. The van der Waals surface area contributed by atoms with E-state index < -0.39 is 0 Å². The molecule has 2 heterocycles. The van der Waals surface area contributed by atoms with Gasteiger partial charge in [-0.1, -0.05) is 0 Å². The summed E-state index contributed by atoms with van der Waals surface area (Å²) in [6.45, 7) is 3.06. The van der Waals surface area contributed by atoms with Gasteiger partial charge in [-0.2, -0.15) is 0 Å². The molecule has 0 spiro atoms. The molecule has 1 unspecified atom stereocenters. The van der Waals surface area contributed by atoms with Gasteiger partial charge in [-0.15, -0.1) is 0 Å². The SMILES string of the molecule is NCCC1CCN(c2ccncc2Br)C1. The second-order valence-electron chi connectivity index (χ2n) is 4.01. The summed E-state index contributed by atoms with van der Waals surface area (Å²) >= 11 is 3.54. The Morgan fingerprint density at radius 2 is 2.47 bits per heavy atom. The quantitative estimate of drug-likeness (QED) is 0.913. The molecule has 1 aromatic heterocycles. The number of halogens is 1. The van der Waals surface area contributed by atoms with Gasteiger partial charge < -0.3 is 10.6 Å². The smallest absolute Gasteiger partial charge is 0.0592 e. The van der Waals surface area contributed by atoms with Crippen LogP contribution in [0.2, 0.25) is 0 Å². The summed E-state index contributed by atoms with van der Waals surface area (Å²) in [5.74, 6) is 0.759. The minimum atomic E-state index is 0.759. The van der Waals surface area contributed by atoms with Crippen LogP contribution in [0.3, 0.4) is 0 Å². The molecule has 2 rings (SSSR count). The Morgan fingerprint density at radius 1 is 1.60 bits per heavy atom. The van der Waals surface area contributed by atoms with Gasteiger partial charge in [-0.05, 0) is 47.3 Å². The summed E-state index contributed by atoms with van der Waals surface area (Å²) in [5, 5.41) is 0. The standard InChI is InChI=1S/C11H16BrN3/c12-10-7-14-5-2-11(10)15-6-3-9(8-15)1-4-13/h2,5,7,9H,1,3-4,6,8,13H2. The van der Waals surface area contributed by atoms with Crippen LogP contribution in [0.1, 0.15) is 12.8 Å². The largest absolute Gasteiger partial charge is 0.370 e. The van der Waals surface area contributed by atoms with Crippen LogP contribution in [0.25, 0.3) is 0 Å². The number of nitrogens with zero attached hydrogens (tertiary/aromatic N) is 2. The fourth-order valence-electron chi connectivity index (χ4n) is 2.15. The number of pyridine rings is 1. The second-order valence-corrected chi connectivity index (χ2v) is 4.86. The van der Waals surface area contributed by atoms with Crippen LogP contribution in [-0.2, 0) is 0 Å². The molecule has 1 aromatic rings. The highest BCUT2D eigenvalue weighted by molar-refractivity contribution is 9.10. The Labute approximate surface area is 98.8 Å². The highest BCUT2D eigenvalue weighted by Gasteiger charge is 2.22. The monoisotopic (exact) mass is 269 g/mol. The lowest BCUT2D eigenvalue weighted by atomic mass is 10.1. The van der Waals surface area contributed by atoms with Crippen LogP contribution < -0.4 is 10.6 Å². The zero-order valence-electron chi connectivity index (χ0n) is 8.69. The molecule has 2 N–H and O–H groups in total. The summed E-state index contributed by atoms with van der Waals surface area (Å²) in [5.41, 5.74) is 6.84. The van der Waals surface area contributed by atoms with E-state index in [0.717, 1.165) is 36.4 Å². The maximum atomic E-state index is 5.58. The molecule has 1 atom stereocenters. The topological polar surface area (TPSA) is 42.1 Å². The molecular weight excluding hydrogens is 254 g/mol. The normalized spacial score (nSPS) is 20.9. The molecule has 0 bridgehead atoms. The van der Waals surface area contributed by atoms with Gasteiger partial charge in [0.1, 0.15) is 0 Å². The minimum Gasteiger partial charge on any atom is -0.370 e. The van der Waals surface area contributed by atoms with Crippen LogP contribution in [0.5, 0.6) is 0 Å². The highest BCUT2D eigenvalue weighted by Crippen LogP contribution is 2.30. The van der Waals surface area contributed by atoms with Gasteiger partial charge in [0.15, 0.2) is 0 Å². The molecule has 1 fully saturated rings. The minimum absolute atomic E-state index is 0.759. The zero-order chi connectivity index (χ0) is 10.7. The van der Waals surface area contributed by atoms with Crippen molar-refractivity contribution < 1.29 is 0 Å². The average Bonchev–Trinajstić information content (AvgIpc) is 2.68. The molecule has 0 radical (unpaired) electrons. The first-order valence-corrected chi connectivity index (χ1v) is 6.15. The lowest BCUT2D eigenvalue weighted by Gasteiger charge is -2.19. The van der Waals surface area contributed by atoms with Crippen molar-refractivity contribution in [2.24, 2.45) is 11.7 Å². The molecular formula is C11H16BrN3. The predicted octanol–water partition coefficient (Wildman–Crippen LogP) is 2.02. The number of nitrogens with two attached hydrogens (primary N) is 1. The third-order valence-corrected chi connectivity index (χ3v) is 3.56. The van der Waals surface area contributed by atoms with Crippen molar-refractivity contribution in [1.82, 2.24) is 4.98 Å². The van der Waals surface area contributed by atoms with Gasteiger partial charge in [0.25, 0.3) is 0 Å². The maximum absolute atomic E-state index is 5.58. The van der Waals surface area contributed by atoms with E-state index >= 15 is 0 Å². The third kappa shape index (κ3) is 2.49. The lowest BCUT2D eigenvalue weighted by Crippen LogP contribution is -2.20. The van der Waals surface area contributed by atoms with Crippen molar-refractivity contribution in [3.05, 3.63) is 22.9 Å². The molecule has 0 aromatic carbocycles. The van der Waals surface area contributed by atoms with Crippen LogP contribution in [-0.4, -0.2) is 24.6 Å². The first-order chi connectivity index (χ1) is 7.31. The van der Waals surface area contributed by atoms with Gasteiger partial charge >= 0.3 is 0 Å². The van der Waals surface area contributed by atoms with Crippen LogP contribution in [0, 0.1) is 5.92 Å². The summed E-state index contributed by atoms with van der Waals surface area (Å²) in [6.07, 6.45) is 6.09. The molecule has 1 saturated heterocycles. The number of hydrogen-bond donors (Lipinski definition) is 1. The molecule has 3 nitrogen and oxygen atoms in total. The summed E-state index contributed by atoms with van der Waals surface area (Å²) in [7, 11) is 0. The van der Waals surface area contributed by atoms with E-state index in [4.69, 9.17) is 5.73 Å². The van der Waals surface area contributed by atoms with E-state index in [0.29, 0.717) is 0 Å². The predicted molar refractivity (Wildman–Crippen MR) is 65.9 cm³/mol. The van der Waals surface area contributed by atoms with E-state index in [-0.39, 0.29) is 0 Å². The van der Waals surface area contributed by atoms with Crippen LogP contribution >= 0.6 is 15.9 Å². The Hall–Kier alpha value is -0.610. The van der Waals surface area contributed by atoms with E-state index in [9.17, 15) is 0 Å². The first kappa shape index (κ1) is 10.9. The Morgan fingerprint density at radius 3 is 3.20 bits per heavy atom. The highest BCUT2D eigenvalue weighted by atomic mass is 79.9. The Kier molecular flexibility index (Phi) is 3.59. The summed E-state index contributed by atoms with van der Waals surface area (Å²) in [6, 6.07) is 2.06. The molecule has 4 heteroatoms. The molecule has 1 aliphatic heterocycles. The van der Waals surface area contributed by atoms with E-state index in [1.54, 1.807) is 0 Å². The average molecular weight is 270 g/mol. The van der Waals surface area contributed by atoms with E-state index in [2.05, 4.69) is 31.9 Å². The number of aromatic nitrogens is 1. The van der Waals surface area contributed by atoms with Crippen molar-refractivity contribution in [1.29, 1.82) is 0 Å². The van der Waals surface area contributed by atoms with Crippen molar-refractivity contribution in [2.75, 3.05) is 24.5 Å². The maximum Gasteiger partial charge on any atom is 0.0592 e. The van der Waals surface area contributed by atoms with Crippen molar-refractivity contribution in [2.45, 2.75) is 12.8 Å². The van der Waals surface area contributed by atoms with Crippen LogP contribution in [0.15, 0.2) is 22.9 Å². The molecule has 82 valence electrons. The summed E-state index contributed by atoms with van der Waals surface area (Å²) < 4.78 is 1.08. The molecule has 15 heavy (non-hydrogen) atoms. The van der Waals surface area contributed by atoms with E-state index in [1.807, 2.05) is 12.4 Å². The number of anilines is 1. The van der Waals surface area contributed by atoms with Gasteiger partial charge in [0, 0.05) is 25.5 Å². The first-order valence-electron chi connectivity index (χ1n) is 5.36. The van der Waals surface area contributed by atoms with Gasteiger partial charge in [0.05, 0.1) is 10.2 Å². The van der Waals surface area contributed by atoms with Gasteiger partial charge in [-0.3, -0.25) is 4.98 Å². The van der Waals surface area contributed by atoms with Crippen molar-refractivity contribution >= 4 is 21.6 Å². The van der Waals surface area contributed by atoms with Crippen molar-refractivity contribution in [3.8, 4) is 0 Å². The Balaban J connectivity index is 2.04. The molecule has 1 aliphatic rings. The van der Waals surface area contributed by atoms with Gasteiger partial charge in [-0.25, -0.2) is 0 Å². The Bertz CT molecular complexity index is 329. The fraction of sp³-hybridized carbons (Fsp3) is 0.545. The lowest BCUT2D eigenvalue weighted by molar-refractivity contribution is 0.546. The van der Waals surface area contributed by atoms with Gasteiger partial charge in [0.2, 0.25) is 0 Å². The van der Waals surface area contributed by atoms with Crippen LogP contribution in [0.4, 0.5) is 5.69 Å². The number of hydrogen-bond acceptors (Lipinski definition) is 3.